The lowest BCUT2D eigenvalue weighted by atomic mass is 10.1. The number of hydrogen-bond acceptors (Lipinski definition) is 3. The first-order valence-corrected chi connectivity index (χ1v) is 6.50. The Bertz CT molecular complexity index is 554. The van der Waals surface area contributed by atoms with Crippen molar-refractivity contribution >= 4 is 32.2 Å². The zero-order valence-electron chi connectivity index (χ0n) is 7.17. The van der Waals surface area contributed by atoms with Crippen molar-refractivity contribution in [2.45, 2.75) is 5.75 Å². The van der Waals surface area contributed by atoms with Gasteiger partial charge in [-0.1, -0.05) is 12.1 Å². The highest BCUT2D eigenvalue weighted by Gasteiger charge is 2.06. The molecule has 0 aliphatic heterocycles. The van der Waals surface area contributed by atoms with Gasteiger partial charge in [0.05, 0.1) is 0 Å². The molecule has 0 saturated carbocycles. The van der Waals surface area contributed by atoms with Crippen molar-refractivity contribution in [3.63, 3.8) is 0 Å². The van der Waals surface area contributed by atoms with E-state index in [-0.39, 0.29) is 5.75 Å². The molecule has 0 amide bonds. The Labute approximate surface area is 85.7 Å². The zero-order chi connectivity index (χ0) is 10.2. The molecule has 1 aromatic heterocycles. The van der Waals surface area contributed by atoms with Gasteiger partial charge in [-0.3, -0.25) is 4.55 Å². The number of fused-ring (bicyclic) bond motifs is 1. The monoisotopic (exact) mass is 228 g/mol. The minimum absolute atomic E-state index is 0.321. The SMILES string of the molecule is O=S(=O)(O)Cc1ccc2cscc2c1. The maximum Gasteiger partial charge on any atom is 0.269 e. The normalized spacial score (nSPS) is 12.1. The van der Waals surface area contributed by atoms with E-state index in [1.54, 1.807) is 23.5 Å². The molecular formula is C9H8O3S2. The van der Waals surface area contributed by atoms with Gasteiger partial charge in [-0.2, -0.15) is 19.8 Å². The molecule has 0 aliphatic rings. The number of rotatable bonds is 2. The predicted molar refractivity (Wildman–Crippen MR) is 57.1 cm³/mol. The molecule has 0 atom stereocenters. The van der Waals surface area contributed by atoms with Gasteiger partial charge in [0.1, 0.15) is 5.75 Å². The van der Waals surface area contributed by atoms with E-state index in [1.807, 2.05) is 16.8 Å². The summed E-state index contributed by atoms with van der Waals surface area (Å²) in [6.07, 6.45) is 0. The lowest BCUT2D eigenvalue weighted by Gasteiger charge is -1.98. The summed E-state index contributed by atoms with van der Waals surface area (Å²) in [4.78, 5) is 0. The van der Waals surface area contributed by atoms with E-state index in [4.69, 9.17) is 4.55 Å². The van der Waals surface area contributed by atoms with Gasteiger partial charge < -0.3 is 0 Å². The molecule has 3 nitrogen and oxygen atoms in total. The molecule has 74 valence electrons. The molecule has 0 saturated heterocycles. The first-order chi connectivity index (χ1) is 6.54. The van der Waals surface area contributed by atoms with Crippen LogP contribution < -0.4 is 0 Å². The summed E-state index contributed by atoms with van der Waals surface area (Å²) in [5, 5.41) is 6.04. The molecule has 2 rings (SSSR count). The Hall–Kier alpha value is -0.910. The fourth-order valence-electron chi connectivity index (χ4n) is 1.31. The lowest BCUT2D eigenvalue weighted by Crippen LogP contribution is -2.00. The molecule has 1 aromatic carbocycles. The van der Waals surface area contributed by atoms with Crippen molar-refractivity contribution in [1.82, 2.24) is 0 Å². The van der Waals surface area contributed by atoms with Crippen LogP contribution in [0.5, 0.6) is 0 Å². The summed E-state index contributed by atoms with van der Waals surface area (Å²) in [6.45, 7) is 0. The van der Waals surface area contributed by atoms with Crippen molar-refractivity contribution in [3.8, 4) is 0 Å². The maximum absolute atomic E-state index is 10.6. The maximum atomic E-state index is 10.6. The van der Waals surface area contributed by atoms with Gasteiger partial charge in [0.15, 0.2) is 0 Å². The topological polar surface area (TPSA) is 54.4 Å². The third-order valence-electron chi connectivity index (χ3n) is 1.89. The predicted octanol–water partition coefficient (Wildman–Crippen LogP) is 2.29. The summed E-state index contributed by atoms with van der Waals surface area (Å²) in [6, 6.07) is 5.34. The summed E-state index contributed by atoms with van der Waals surface area (Å²) < 4.78 is 29.9. The minimum atomic E-state index is -3.93. The quantitative estimate of drug-likeness (QED) is 0.802. The number of hydrogen-bond donors (Lipinski definition) is 1. The van der Waals surface area contributed by atoms with Gasteiger partial charge in [-0.15, -0.1) is 0 Å². The van der Waals surface area contributed by atoms with Crippen molar-refractivity contribution in [2.24, 2.45) is 0 Å². The summed E-state index contributed by atoms with van der Waals surface area (Å²) in [5.41, 5.74) is 0.610. The highest BCUT2D eigenvalue weighted by Crippen LogP contribution is 2.21. The average molecular weight is 228 g/mol. The Kier molecular flexibility index (Phi) is 2.30. The van der Waals surface area contributed by atoms with Crippen LogP contribution in [-0.4, -0.2) is 13.0 Å². The second kappa shape index (κ2) is 3.34. The van der Waals surface area contributed by atoms with Crippen LogP contribution in [0.3, 0.4) is 0 Å². The molecular weight excluding hydrogens is 220 g/mol. The first-order valence-electron chi connectivity index (χ1n) is 3.94. The van der Waals surface area contributed by atoms with Crippen molar-refractivity contribution < 1.29 is 13.0 Å². The van der Waals surface area contributed by atoms with Crippen LogP contribution in [0.1, 0.15) is 5.56 Å². The van der Waals surface area contributed by atoms with E-state index in [1.165, 1.54) is 0 Å². The molecule has 0 aliphatic carbocycles. The van der Waals surface area contributed by atoms with Gasteiger partial charge >= 0.3 is 0 Å². The highest BCUT2D eigenvalue weighted by molar-refractivity contribution is 7.85. The standard InChI is InChI=1S/C9H8O3S2/c10-14(11,12)6-7-1-2-8-4-13-5-9(8)3-7/h1-5H,6H2,(H,10,11,12). The third-order valence-corrected chi connectivity index (χ3v) is 3.37. The average Bonchev–Trinajstić information content (AvgIpc) is 2.47. The van der Waals surface area contributed by atoms with Crippen LogP contribution in [0.2, 0.25) is 0 Å². The van der Waals surface area contributed by atoms with Crippen molar-refractivity contribution in [1.29, 1.82) is 0 Å². The highest BCUT2D eigenvalue weighted by atomic mass is 32.2. The Morgan fingerprint density at radius 1 is 1.21 bits per heavy atom. The molecule has 0 unspecified atom stereocenters. The third kappa shape index (κ3) is 2.12. The second-order valence-corrected chi connectivity index (χ2v) is 5.26. The van der Waals surface area contributed by atoms with E-state index < -0.39 is 10.1 Å². The van der Waals surface area contributed by atoms with E-state index in [0.717, 1.165) is 10.8 Å². The molecule has 0 radical (unpaired) electrons. The van der Waals surface area contributed by atoms with Crippen molar-refractivity contribution in [3.05, 3.63) is 34.5 Å². The first kappa shape index (κ1) is 9.64. The van der Waals surface area contributed by atoms with Crippen LogP contribution in [0.25, 0.3) is 10.8 Å². The Morgan fingerprint density at radius 2 is 1.93 bits per heavy atom. The van der Waals surface area contributed by atoms with Gasteiger partial charge in [0, 0.05) is 0 Å². The van der Waals surface area contributed by atoms with Crippen LogP contribution >= 0.6 is 11.3 Å². The molecule has 14 heavy (non-hydrogen) atoms. The summed E-state index contributed by atoms with van der Waals surface area (Å²) in [7, 11) is -3.93. The van der Waals surface area contributed by atoms with Crippen LogP contribution in [0.4, 0.5) is 0 Å². The van der Waals surface area contributed by atoms with Gasteiger partial charge in [0.2, 0.25) is 0 Å². The molecule has 1 N–H and O–H groups in total. The Balaban J connectivity index is 2.44. The van der Waals surface area contributed by atoms with Crippen LogP contribution in [0, 0.1) is 0 Å². The minimum Gasteiger partial charge on any atom is -0.285 e. The Morgan fingerprint density at radius 3 is 2.64 bits per heavy atom. The number of benzene rings is 1. The van der Waals surface area contributed by atoms with Gasteiger partial charge in [0.25, 0.3) is 10.1 Å². The smallest absolute Gasteiger partial charge is 0.269 e. The molecule has 1 heterocycles. The fourth-order valence-corrected chi connectivity index (χ4v) is 2.70. The molecule has 5 heteroatoms. The van der Waals surface area contributed by atoms with Gasteiger partial charge in [-0.25, -0.2) is 0 Å². The summed E-state index contributed by atoms with van der Waals surface area (Å²) >= 11 is 1.57. The van der Waals surface area contributed by atoms with E-state index in [2.05, 4.69) is 0 Å². The van der Waals surface area contributed by atoms with E-state index >= 15 is 0 Å². The van der Waals surface area contributed by atoms with E-state index in [9.17, 15) is 8.42 Å². The molecule has 0 bridgehead atoms. The summed E-state index contributed by atoms with van der Waals surface area (Å²) in [5.74, 6) is -0.321. The van der Waals surface area contributed by atoms with Gasteiger partial charge in [-0.05, 0) is 33.2 Å². The van der Waals surface area contributed by atoms with E-state index in [0.29, 0.717) is 5.56 Å². The van der Waals surface area contributed by atoms with Crippen LogP contribution in [0.15, 0.2) is 29.0 Å². The number of thiophene rings is 1. The van der Waals surface area contributed by atoms with Crippen molar-refractivity contribution in [2.75, 3.05) is 0 Å². The van der Waals surface area contributed by atoms with Crippen LogP contribution in [-0.2, 0) is 15.9 Å². The zero-order valence-corrected chi connectivity index (χ0v) is 8.81. The largest absolute Gasteiger partial charge is 0.285 e. The lowest BCUT2D eigenvalue weighted by molar-refractivity contribution is 0.482. The molecule has 2 aromatic rings. The molecule has 0 fully saturated rings. The fraction of sp³-hybridized carbons (Fsp3) is 0.111. The molecule has 0 spiro atoms. The second-order valence-electron chi connectivity index (χ2n) is 3.06.